The minimum Gasteiger partial charge on any atom is -0.362 e. The number of anilines is 1. The van der Waals surface area contributed by atoms with Crippen LogP contribution in [0.15, 0.2) is 41.7 Å². The van der Waals surface area contributed by atoms with Crippen LogP contribution >= 0.6 is 0 Å². The first kappa shape index (κ1) is 20.5. The number of aromatic amines is 1. The zero-order valence-corrected chi connectivity index (χ0v) is 17.9. The van der Waals surface area contributed by atoms with Crippen molar-refractivity contribution in [3.8, 4) is 0 Å². The molecule has 3 heterocycles. The molecule has 0 aliphatic heterocycles. The minimum absolute atomic E-state index is 0.0870. The van der Waals surface area contributed by atoms with Gasteiger partial charge in [0.25, 0.3) is 11.5 Å². The Balaban J connectivity index is 1.75. The highest BCUT2D eigenvalue weighted by Crippen LogP contribution is 2.30. The highest BCUT2D eigenvalue weighted by molar-refractivity contribution is 5.99. The summed E-state index contributed by atoms with van der Waals surface area (Å²) in [6.45, 7) is 6.60. The van der Waals surface area contributed by atoms with E-state index in [9.17, 15) is 9.59 Å². The monoisotopic (exact) mass is 419 g/mol. The van der Waals surface area contributed by atoms with Crippen LogP contribution < -0.4 is 16.2 Å². The van der Waals surface area contributed by atoms with Crippen molar-refractivity contribution in [2.75, 3.05) is 11.9 Å². The third-order valence-corrected chi connectivity index (χ3v) is 5.27. The van der Waals surface area contributed by atoms with Crippen molar-refractivity contribution in [2.24, 2.45) is 13.0 Å². The van der Waals surface area contributed by atoms with E-state index < -0.39 is 0 Å². The fraction of sp³-hybridized carbons (Fsp3) is 0.318. The summed E-state index contributed by atoms with van der Waals surface area (Å²) in [6.07, 6.45) is 2.98. The maximum absolute atomic E-state index is 12.6. The highest BCUT2D eigenvalue weighted by atomic mass is 16.2. The SMILES string of the molecule is CCNC(=O)c1cc2c(N[C@@H](c3ccc4ncn(C)c(=O)c4c3)C(C)C)ncnc2[nH]1. The van der Waals surface area contributed by atoms with Gasteiger partial charge in [-0.2, -0.15) is 0 Å². The first-order chi connectivity index (χ1) is 14.9. The fourth-order valence-corrected chi connectivity index (χ4v) is 3.64. The third-order valence-electron chi connectivity index (χ3n) is 5.27. The quantitative estimate of drug-likeness (QED) is 0.442. The van der Waals surface area contributed by atoms with Crippen LogP contribution in [0.5, 0.6) is 0 Å². The van der Waals surface area contributed by atoms with Gasteiger partial charge in [-0.3, -0.25) is 9.59 Å². The second-order valence-corrected chi connectivity index (χ2v) is 7.83. The molecule has 3 N–H and O–H groups in total. The van der Waals surface area contributed by atoms with Crippen molar-refractivity contribution in [2.45, 2.75) is 26.8 Å². The normalized spacial score (nSPS) is 12.4. The van der Waals surface area contributed by atoms with E-state index in [1.807, 2.05) is 25.1 Å². The standard InChI is InChI=1S/C22H25N7O2/c1-5-23-21(30)17-9-15-19(27-17)24-10-25-20(15)28-18(12(2)3)13-6-7-16-14(8-13)22(31)29(4)11-26-16/h6-12,18H,5H2,1-4H3,(H,23,30)(H2,24,25,27,28)/t18-/m1/s1. The molecule has 1 amide bonds. The van der Waals surface area contributed by atoms with Gasteiger partial charge in [-0.25, -0.2) is 15.0 Å². The van der Waals surface area contributed by atoms with Gasteiger partial charge in [0, 0.05) is 13.6 Å². The van der Waals surface area contributed by atoms with Crippen LogP contribution in [0.25, 0.3) is 21.9 Å². The molecule has 0 saturated carbocycles. The second kappa shape index (κ2) is 8.17. The molecule has 160 valence electrons. The van der Waals surface area contributed by atoms with E-state index in [0.29, 0.717) is 34.6 Å². The van der Waals surface area contributed by atoms with E-state index >= 15 is 0 Å². The molecule has 31 heavy (non-hydrogen) atoms. The number of fused-ring (bicyclic) bond motifs is 2. The van der Waals surface area contributed by atoms with Crippen molar-refractivity contribution in [3.63, 3.8) is 0 Å². The van der Waals surface area contributed by atoms with Gasteiger partial charge in [0.2, 0.25) is 0 Å². The zero-order valence-electron chi connectivity index (χ0n) is 17.9. The summed E-state index contributed by atoms with van der Waals surface area (Å²) in [4.78, 5) is 40.8. The average molecular weight is 419 g/mol. The van der Waals surface area contributed by atoms with Crippen LogP contribution in [0.1, 0.15) is 42.9 Å². The molecule has 0 radical (unpaired) electrons. The van der Waals surface area contributed by atoms with Crippen LogP contribution in [0, 0.1) is 5.92 Å². The van der Waals surface area contributed by atoms with Gasteiger partial charge in [0.15, 0.2) is 0 Å². The molecular weight excluding hydrogens is 394 g/mol. The maximum atomic E-state index is 12.6. The lowest BCUT2D eigenvalue weighted by molar-refractivity contribution is 0.0951. The Morgan fingerprint density at radius 1 is 1.16 bits per heavy atom. The largest absolute Gasteiger partial charge is 0.362 e. The smallest absolute Gasteiger partial charge is 0.267 e. The van der Waals surface area contributed by atoms with Crippen LogP contribution in [0.4, 0.5) is 5.82 Å². The highest BCUT2D eigenvalue weighted by Gasteiger charge is 2.20. The Morgan fingerprint density at radius 3 is 2.71 bits per heavy atom. The summed E-state index contributed by atoms with van der Waals surface area (Å²) >= 11 is 0. The van der Waals surface area contributed by atoms with Gasteiger partial charge in [-0.1, -0.05) is 19.9 Å². The lowest BCUT2D eigenvalue weighted by Gasteiger charge is -2.24. The predicted octanol–water partition coefficient (Wildman–Crippen LogP) is 2.76. The second-order valence-electron chi connectivity index (χ2n) is 7.83. The molecule has 0 spiro atoms. The number of hydrogen-bond donors (Lipinski definition) is 3. The topological polar surface area (TPSA) is 118 Å². The van der Waals surface area contributed by atoms with Gasteiger partial charge in [0.05, 0.1) is 28.7 Å². The van der Waals surface area contributed by atoms with E-state index in [1.165, 1.54) is 17.2 Å². The number of benzene rings is 1. The lowest BCUT2D eigenvalue weighted by atomic mass is 9.95. The number of H-pyrrole nitrogens is 1. The number of hydrogen-bond acceptors (Lipinski definition) is 6. The van der Waals surface area contributed by atoms with E-state index in [-0.39, 0.29) is 23.4 Å². The van der Waals surface area contributed by atoms with Crippen molar-refractivity contribution in [1.29, 1.82) is 0 Å². The van der Waals surface area contributed by atoms with E-state index in [4.69, 9.17) is 0 Å². The molecular formula is C22H25N7O2. The van der Waals surface area contributed by atoms with Gasteiger partial charge in [-0.05, 0) is 36.6 Å². The molecule has 0 unspecified atom stereocenters. The summed E-state index contributed by atoms with van der Waals surface area (Å²) in [6, 6.07) is 7.36. The number of nitrogens with zero attached hydrogens (tertiary/aromatic N) is 4. The Morgan fingerprint density at radius 2 is 1.97 bits per heavy atom. The van der Waals surface area contributed by atoms with E-state index in [1.54, 1.807) is 13.1 Å². The molecule has 9 heteroatoms. The molecule has 3 aromatic heterocycles. The summed E-state index contributed by atoms with van der Waals surface area (Å²) in [5, 5.41) is 7.57. The van der Waals surface area contributed by atoms with Crippen LogP contribution in [-0.4, -0.2) is 37.0 Å². The van der Waals surface area contributed by atoms with Crippen molar-refractivity contribution >= 4 is 33.7 Å². The first-order valence-corrected chi connectivity index (χ1v) is 10.2. The molecule has 1 atom stereocenters. The number of carbonyl (C=O) groups is 1. The van der Waals surface area contributed by atoms with Crippen LogP contribution in [-0.2, 0) is 7.05 Å². The Hall–Kier alpha value is -3.75. The molecule has 9 nitrogen and oxygen atoms in total. The molecule has 0 bridgehead atoms. The summed E-state index contributed by atoms with van der Waals surface area (Å²) in [5.74, 6) is 0.629. The molecule has 4 aromatic rings. The Labute approximate surface area is 178 Å². The molecule has 1 aromatic carbocycles. The number of rotatable bonds is 6. The predicted molar refractivity (Wildman–Crippen MR) is 120 cm³/mol. The van der Waals surface area contributed by atoms with E-state index in [0.717, 1.165) is 10.9 Å². The van der Waals surface area contributed by atoms with Crippen LogP contribution in [0.3, 0.4) is 0 Å². The maximum Gasteiger partial charge on any atom is 0.267 e. The number of carbonyl (C=O) groups excluding carboxylic acids is 1. The first-order valence-electron chi connectivity index (χ1n) is 10.2. The molecule has 0 aliphatic rings. The number of nitrogens with one attached hydrogen (secondary N) is 3. The molecule has 4 rings (SSSR count). The molecule has 0 saturated heterocycles. The average Bonchev–Trinajstić information content (AvgIpc) is 3.20. The van der Waals surface area contributed by atoms with Gasteiger partial charge in [-0.15, -0.1) is 0 Å². The Bertz CT molecular complexity index is 1320. The summed E-state index contributed by atoms with van der Waals surface area (Å²) in [5.41, 5.74) is 2.55. The summed E-state index contributed by atoms with van der Waals surface area (Å²) in [7, 11) is 1.69. The minimum atomic E-state index is -0.190. The molecule has 0 fully saturated rings. The van der Waals surface area contributed by atoms with Crippen molar-refractivity contribution in [1.82, 2.24) is 29.8 Å². The fourth-order valence-electron chi connectivity index (χ4n) is 3.64. The Kier molecular flexibility index (Phi) is 5.41. The number of amides is 1. The van der Waals surface area contributed by atoms with Crippen molar-refractivity contribution in [3.05, 3.63) is 58.5 Å². The number of aromatic nitrogens is 5. The van der Waals surface area contributed by atoms with Gasteiger partial charge in [0.1, 0.15) is 23.5 Å². The van der Waals surface area contributed by atoms with E-state index in [2.05, 4.69) is 44.4 Å². The third kappa shape index (κ3) is 3.86. The van der Waals surface area contributed by atoms with Crippen LogP contribution in [0.2, 0.25) is 0 Å². The number of aryl methyl sites for hydroxylation is 1. The summed E-state index contributed by atoms with van der Waals surface area (Å²) < 4.78 is 1.47. The van der Waals surface area contributed by atoms with Gasteiger partial charge < -0.3 is 20.2 Å². The van der Waals surface area contributed by atoms with Crippen molar-refractivity contribution < 1.29 is 4.79 Å². The lowest BCUT2D eigenvalue weighted by Crippen LogP contribution is -2.22. The van der Waals surface area contributed by atoms with Gasteiger partial charge >= 0.3 is 0 Å². The molecule has 0 aliphatic carbocycles. The zero-order chi connectivity index (χ0) is 22.1.